The van der Waals surface area contributed by atoms with Gasteiger partial charge < -0.3 is 10.6 Å². The summed E-state index contributed by atoms with van der Waals surface area (Å²) in [6.07, 6.45) is 1.28. The van der Waals surface area contributed by atoms with Crippen LogP contribution in [0.5, 0.6) is 0 Å². The van der Waals surface area contributed by atoms with Gasteiger partial charge in [0.05, 0.1) is 6.20 Å². The van der Waals surface area contributed by atoms with E-state index in [1.807, 2.05) is 0 Å². The maximum absolute atomic E-state index is 13.3. The molecule has 0 saturated carbocycles. The highest BCUT2D eigenvalue weighted by Crippen LogP contribution is 2.28. The first-order valence-corrected chi connectivity index (χ1v) is 6.97. The van der Waals surface area contributed by atoms with E-state index < -0.39 is 29.4 Å². The fourth-order valence-electron chi connectivity index (χ4n) is 2.63. The number of anilines is 2. The van der Waals surface area contributed by atoms with Crippen LogP contribution in [-0.4, -0.2) is 28.1 Å². The molecule has 0 bridgehead atoms. The summed E-state index contributed by atoms with van der Waals surface area (Å²) in [5.74, 6) is -4.14. The molecule has 1 fully saturated rings. The number of nitrogens with zero attached hydrogens (tertiary/aromatic N) is 4. The SMILES string of the molecule is N#Cc1cnn(C(=O)C2CCN(c3cc(F)cc(F)c3)C2=O)c1N. The number of hydrogen-bond donors (Lipinski definition) is 1. The van der Waals surface area contributed by atoms with Gasteiger partial charge in [0.1, 0.15) is 35.0 Å². The molecule has 24 heavy (non-hydrogen) atoms. The van der Waals surface area contributed by atoms with E-state index >= 15 is 0 Å². The van der Waals surface area contributed by atoms with E-state index in [2.05, 4.69) is 5.10 Å². The smallest absolute Gasteiger partial charge is 0.261 e. The second-order valence-corrected chi connectivity index (χ2v) is 5.26. The number of nitrogens with two attached hydrogens (primary N) is 1. The Morgan fingerprint density at radius 2 is 2.00 bits per heavy atom. The van der Waals surface area contributed by atoms with Crippen LogP contribution in [0.4, 0.5) is 20.3 Å². The quantitative estimate of drug-likeness (QED) is 0.835. The lowest BCUT2D eigenvalue weighted by atomic mass is 10.1. The standard InChI is InChI=1S/C15H11F2N5O2/c16-9-3-10(17)5-11(4-9)21-2-1-12(14(21)23)15(24)22-13(19)8(6-18)7-20-22/h3-5,7,12H,1-2,19H2. The van der Waals surface area contributed by atoms with Gasteiger partial charge in [-0.25, -0.2) is 8.78 Å². The molecule has 1 unspecified atom stereocenters. The van der Waals surface area contributed by atoms with Crippen LogP contribution in [-0.2, 0) is 4.79 Å². The van der Waals surface area contributed by atoms with E-state index in [0.29, 0.717) is 6.07 Å². The van der Waals surface area contributed by atoms with Crippen molar-refractivity contribution in [3.63, 3.8) is 0 Å². The Morgan fingerprint density at radius 3 is 2.58 bits per heavy atom. The van der Waals surface area contributed by atoms with Crippen LogP contribution in [0.25, 0.3) is 0 Å². The molecule has 7 nitrogen and oxygen atoms in total. The number of carbonyl (C=O) groups excluding carboxylic acids is 2. The predicted octanol–water partition coefficient (Wildman–Crippen LogP) is 1.31. The molecule has 9 heteroatoms. The van der Waals surface area contributed by atoms with E-state index in [9.17, 15) is 18.4 Å². The van der Waals surface area contributed by atoms with Crippen molar-refractivity contribution in [1.29, 1.82) is 5.26 Å². The highest BCUT2D eigenvalue weighted by molar-refractivity contribution is 6.10. The van der Waals surface area contributed by atoms with E-state index in [1.54, 1.807) is 6.07 Å². The number of aromatic nitrogens is 2. The minimum Gasteiger partial charge on any atom is -0.382 e. The third-order valence-electron chi connectivity index (χ3n) is 3.80. The third-order valence-corrected chi connectivity index (χ3v) is 3.80. The molecule has 1 aromatic carbocycles. The zero-order valence-corrected chi connectivity index (χ0v) is 12.2. The maximum Gasteiger partial charge on any atom is 0.261 e. The molecule has 1 aliphatic rings. The van der Waals surface area contributed by atoms with E-state index in [4.69, 9.17) is 11.0 Å². The zero-order valence-electron chi connectivity index (χ0n) is 12.2. The van der Waals surface area contributed by atoms with Crippen LogP contribution in [0.15, 0.2) is 24.4 Å². The van der Waals surface area contributed by atoms with Crippen molar-refractivity contribution in [2.24, 2.45) is 5.92 Å². The van der Waals surface area contributed by atoms with Crippen molar-refractivity contribution in [2.45, 2.75) is 6.42 Å². The number of nitriles is 1. The largest absolute Gasteiger partial charge is 0.382 e. The van der Waals surface area contributed by atoms with Crippen molar-refractivity contribution in [3.8, 4) is 6.07 Å². The van der Waals surface area contributed by atoms with Crippen molar-refractivity contribution < 1.29 is 18.4 Å². The fraction of sp³-hybridized carbons (Fsp3) is 0.200. The summed E-state index contributed by atoms with van der Waals surface area (Å²) < 4.78 is 27.4. The van der Waals surface area contributed by atoms with Gasteiger partial charge in [-0.05, 0) is 18.6 Å². The first kappa shape index (κ1) is 15.6. The summed E-state index contributed by atoms with van der Waals surface area (Å²) in [6, 6.07) is 4.51. The van der Waals surface area contributed by atoms with Gasteiger partial charge in [-0.2, -0.15) is 15.0 Å². The molecule has 0 spiro atoms. The monoisotopic (exact) mass is 331 g/mol. The molecule has 1 aromatic heterocycles. The number of carbonyl (C=O) groups is 2. The van der Waals surface area contributed by atoms with E-state index in [0.717, 1.165) is 27.9 Å². The first-order valence-electron chi connectivity index (χ1n) is 6.97. The molecular formula is C15H11F2N5O2. The van der Waals surface area contributed by atoms with E-state index in [1.165, 1.54) is 0 Å². The highest BCUT2D eigenvalue weighted by Gasteiger charge is 2.39. The predicted molar refractivity (Wildman–Crippen MR) is 78.8 cm³/mol. The average molecular weight is 331 g/mol. The molecule has 1 saturated heterocycles. The molecule has 0 aliphatic carbocycles. The molecule has 2 N–H and O–H groups in total. The molecule has 3 rings (SSSR count). The number of halogens is 2. The number of hydrogen-bond acceptors (Lipinski definition) is 5. The molecule has 2 aromatic rings. The summed E-state index contributed by atoms with van der Waals surface area (Å²) in [4.78, 5) is 26.0. The summed E-state index contributed by atoms with van der Waals surface area (Å²) in [7, 11) is 0. The molecular weight excluding hydrogens is 320 g/mol. The second-order valence-electron chi connectivity index (χ2n) is 5.26. The van der Waals surface area contributed by atoms with Gasteiger partial charge in [0.15, 0.2) is 0 Å². The molecule has 1 atom stereocenters. The minimum atomic E-state index is -1.08. The van der Waals surface area contributed by atoms with Crippen LogP contribution in [0.1, 0.15) is 16.8 Å². The Bertz CT molecular complexity index is 866. The van der Waals surface area contributed by atoms with Crippen LogP contribution in [0.2, 0.25) is 0 Å². The average Bonchev–Trinajstić information content (AvgIpc) is 3.08. The van der Waals surface area contributed by atoms with E-state index in [-0.39, 0.29) is 30.0 Å². The molecule has 0 radical (unpaired) electrons. The lowest BCUT2D eigenvalue weighted by Crippen LogP contribution is -2.33. The van der Waals surface area contributed by atoms with Crippen molar-refractivity contribution >= 4 is 23.3 Å². The van der Waals surface area contributed by atoms with Gasteiger partial charge in [0.2, 0.25) is 5.91 Å². The van der Waals surface area contributed by atoms with Crippen molar-refractivity contribution in [3.05, 3.63) is 41.6 Å². The van der Waals surface area contributed by atoms with Crippen LogP contribution in [0.3, 0.4) is 0 Å². The highest BCUT2D eigenvalue weighted by atomic mass is 19.1. The van der Waals surface area contributed by atoms with Gasteiger partial charge in [-0.15, -0.1) is 0 Å². The van der Waals surface area contributed by atoms with Gasteiger partial charge in [-0.3, -0.25) is 9.59 Å². The third kappa shape index (κ3) is 2.48. The Balaban J connectivity index is 1.87. The second kappa shape index (κ2) is 5.73. The Kier molecular flexibility index (Phi) is 3.73. The minimum absolute atomic E-state index is 0.0258. The van der Waals surface area contributed by atoms with Crippen molar-refractivity contribution in [1.82, 2.24) is 9.78 Å². The van der Waals surface area contributed by atoms with Gasteiger partial charge in [0.25, 0.3) is 5.91 Å². The number of nitrogen functional groups attached to an aromatic ring is 1. The summed E-state index contributed by atoms with van der Waals surface area (Å²) in [5, 5.41) is 12.6. The number of benzene rings is 1. The Labute approximate surface area is 134 Å². The summed E-state index contributed by atoms with van der Waals surface area (Å²) in [6.45, 7) is 0.129. The molecule has 2 heterocycles. The normalized spacial score (nSPS) is 17.1. The molecule has 122 valence electrons. The zero-order chi connectivity index (χ0) is 17.4. The maximum atomic E-state index is 13.3. The van der Waals surface area contributed by atoms with Gasteiger partial charge in [0, 0.05) is 18.3 Å². The van der Waals surface area contributed by atoms with Crippen LogP contribution >= 0.6 is 0 Å². The Morgan fingerprint density at radius 1 is 1.33 bits per heavy atom. The Hall–Kier alpha value is -3.28. The van der Waals surface area contributed by atoms with Crippen LogP contribution < -0.4 is 10.6 Å². The topological polar surface area (TPSA) is 105 Å². The fourth-order valence-corrected chi connectivity index (χ4v) is 2.63. The lowest BCUT2D eigenvalue weighted by Gasteiger charge is -2.17. The van der Waals surface area contributed by atoms with Gasteiger partial charge in [-0.1, -0.05) is 0 Å². The summed E-state index contributed by atoms with van der Waals surface area (Å²) in [5.41, 5.74) is 5.71. The van der Waals surface area contributed by atoms with Crippen LogP contribution in [0, 0.1) is 28.9 Å². The lowest BCUT2D eigenvalue weighted by molar-refractivity contribution is -0.119. The summed E-state index contributed by atoms with van der Waals surface area (Å²) >= 11 is 0. The molecule has 1 amide bonds. The van der Waals surface area contributed by atoms with Gasteiger partial charge >= 0.3 is 0 Å². The molecule has 1 aliphatic heterocycles. The van der Waals surface area contributed by atoms with Crippen molar-refractivity contribution in [2.75, 3.05) is 17.2 Å². The number of rotatable bonds is 2. The first-order chi connectivity index (χ1) is 11.4. The number of amides is 1.